The van der Waals surface area contributed by atoms with Gasteiger partial charge >= 0.3 is 0 Å². The van der Waals surface area contributed by atoms with Gasteiger partial charge in [0.25, 0.3) is 0 Å². The molecule has 0 fully saturated rings. The van der Waals surface area contributed by atoms with Crippen molar-refractivity contribution < 1.29 is 0 Å². The van der Waals surface area contributed by atoms with E-state index < -0.39 is 0 Å². The lowest BCUT2D eigenvalue weighted by Gasteiger charge is -2.48. The summed E-state index contributed by atoms with van der Waals surface area (Å²) in [6.45, 7) is 43.6. The van der Waals surface area contributed by atoms with Gasteiger partial charge in [-0.3, -0.25) is 0 Å². The van der Waals surface area contributed by atoms with Crippen LogP contribution in [0.5, 0.6) is 0 Å². The molecule has 0 spiro atoms. The van der Waals surface area contributed by atoms with Gasteiger partial charge in [0.05, 0.1) is 0 Å². The van der Waals surface area contributed by atoms with E-state index in [-0.39, 0.29) is 5.92 Å². The van der Waals surface area contributed by atoms with Crippen LogP contribution < -0.4 is 0 Å². The Balaban J connectivity index is 1.52. The minimum absolute atomic E-state index is 0.211. The lowest BCUT2D eigenvalue weighted by Crippen LogP contribution is -2.32. The van der Waals surface area contributed by atoms with Crippen molar-refractivity contribution in [1.82, 2.24) is 0 Å². The van der Waals surface area contributed by atoms with Gasteiger partial charge in [0, 0.05) is 11.8 Å². The van der Waals surface area contributed by atoms with Gasteiger partial charge in [0.1, 0.15) is 0 Å². The second-order valence-electron chi connectivity index (χ2n) is 18.4. The maximum absolute atomic E-state index is 2.53. The Labute approximate surface area is 323 Å². The Morgan fingerprint density at radius 2 is 0.648 bits per heavy atom. The third kappa shape index (κ3) is 3.35. The molecule has 0 amide bonds. The van der Waals surface area contributed by atoms with Crippen LogP contribution in [0, 0.1) is 94.9 Å². The average Bonchev–Trinajstić information content (AvgIpc) is 3.67. The fraction of sp³-hybridized carbons (Fsp3) is 0.370. The third-order valence-corrected chi connectivity index (χ3v) is 17.0. The van der Waals surface area contributed by atoms with Crippen LogP contribution in [-0.4, -0.2) is 0 Å². The first-order valence-corrected chi connectivity index (χ1v) is 20.5. The summed E-state index contributed by atoms with van der Waals surface area (Å²) in [5, 5.41) is 6.03. The van der Waals surface area contributed by atoms with Gasteiger partial charge in [-0.15, -0.1) is 0 Å². The molecule has 10 rings (SSSR count). The minimum Gasteiger partial charge on any atom is -0.0625 e. The quantitative estimate of drug-likeness (QED) is 0.171. The van der Waals surface area contributed by atoms with Crippen molar-refractivity contribution in [2.45, 2.75) is 125 Å². The summed E-state index contributed by atoms with van der Waals surface area (Å²) >= 11 is 0. The predicted molar refractivity (Wildman–Crippen MR) is 235 cm³/mol. The molecule has 54 heavy (non-hydrogen) atoms. The van der Waals surface area contributed by atoms with Crippen LogP contribution in [-0.2, 0) is 0 Å². The molecule has 6 aliphatic carbocycles. The molecular weight excluding hydrogens is 649 g/mol. The zero-order valence-corrected chi connectivity index (χ0v) is 36.2. The molecule has 6 aliphatic rings. The van der Waals surface area contributed by atoms with E-state index in [1.165, 1.54) is 144 Å². The Kier molecular flexibility index (Phi) is 6.47. The van der Waals surface area contributed by atoms with Gasteiger partial charge in [-0.05, 0) is 301 Å². The van der Waals surface area contributed by atoms with Crippen molar-refractivity contribution in [2.24, 2.45) is 11.8 Å². The first-order chi connectivity index (χ1) is 25.4. The van der Waals surface area contributed by atoms with Crippen molar-refractivity contribution in [2.75, 3.05) is 0 Å². The second kappa shape index (κ2) is 10.3. The van der Waals surface area contributed by atoms with Crippen LogP contribution in [0.3, 0.4) is 0 Å². The van der Waals surface area contributed by atoms with Crippen molar-refractivity contribution >= 4 is 43.8 Å². The Morgan fingerprint density at radius 1 is 0.259 bits per heavy atom. The smallest absolute Gasteiger partial charge is 0.0367 e. The standard InChI is InChI=1S/C54H56/c1-19-25(7)37-26(8)20(2)30(12)40-47(37)39(29(19)11)49-43-33(15)23(5)35(17)45-51-41-31(13)21(3)27(9)38-28(10)22(4)32(14)42(48(38)41)52(51)46-36(18)24(6)34(16)44(50(40)49)54(46)53(43)45/h33,54H,1-18H3. The minimum atomic E-state index is 0.211. The molecule has 0 saturated heterocycles. The van der Waals surface area contributed by atoms with E-state index in [9.17, 15) is 0 Å². The zero-order valence-electron chi connectivity index (χ0n) is 36.2. The molecule has 0 nitrogen and oxygen atoms in total. The molecular formula is C54H56. The fourth-order valence-electron chi connectivity index (χ4n) is 12.7. The van der Waals surface area contributed by atoms with Crippen molar-refractivity contribution in [3.8, 4) is 0 Å². The van der Waals surface area contributed by atoms with Gasteiger partial charge in [-0.25, -0.2) is 0 Å². The van der Waals surface area contributed by atoms with E-state index in [4.69, 9.17) is 0 Å². The van der Waals surface area contributed by atoms with E-state index in [1.54, 1.807) is 44.6 Å². The van der Waals surface area contributed by atoms with E-state index in [0.29, 0.717) is 5.92 Å². The van der Waals surface area contributed by atoms with Crippen LogP contribution >= 0.6 is 0 Å². The molecule has 0 heterocycles. The van der Waals surface area contributed by atoms with Gasteiger partial charge in [0.15, 0.2) is 0 Å². The third-order valence-electron chi connectivity index (χ3n) is 17.0. The molecule has 4 aromatic carbocycles. The van der Waals surface area contributed by atoms with Crippen LogP contribution in [0.25, 0.3) is 43.8 Å². The topological polar surface area (TPSA) is 0 Å². The van der Waals surface area contributed by atoms with Gasteiger partial charge in [-0.1, -0.05) is 12.5 Å². The molecule has 0 aromatic heterocycles. The molecule has 0 N–H and O–H groups in total. The lowest BCUT2D eigenvalue weighted by atomic mass is 9.55. The van der Waals surface area contributed by atoms with Crippen molar-refractivity contribution in [1.29, 1.82) is 0 Å². The number of rotatable bonds is 0. The van der Waals surface area contributed by atoms with E-state index in [1.807, 2.05) is 0 Å². The highest BCUT2D eigenvalue weighted by molar-refractivity contribution is 6.31. The SMILES string of the molecule is CC1=C(C)C2=C3C(=C4C5=C(C(C)=C(C)C4C)C4=C(C(=C1C)C52)c1c(C)c(C)c(C)c2c(C)c(C)c(C)c4c12)c1c(C)c(C)c(C)c2c(C)c(C)c(C)c3c12. The molecule has 0 saturated carbocycles. The summed E-state index contributed by atoms with van der Waals surface area (Å²) in [5.74, 6) is 0.539. The summed E-state index contributed by atoms with van der Waals surface area (Å²) < 4.78 is 0. The van der Waals surface area contributed by atoms with Crippen molar-refractivity contribution in [3.05, 3.63) is 145 Å². The summed E-state index contributed by atoms with van der Waals surface area (Å²) in [7, 11) is 0. The molecule has 2 atom stereocenters. The summed E-state index contributed by atoms with van der Waals surface area (Å²) in [4.78, 5) is 0. The highest BCUT2D eigenvalue weighted by atomic mass is 14.6. The van der Waals surface area contributed by atoms with E-state index >= 15 is 0 Å². The first kappa shape index (κ1) is 34.1. The largest absolute Gasteiger partial charge is 0.0625 e. The molecule has 0 heteroatoms. The molecule has 272 valence electrons. The Bertz CT molecular complexity index is 2940. The molecule has 0 bridgehead atoms. The first-order valence-electron chi connectivity index (χ1n) is 20.5. The summed E-state index contributed by atoms with van der Waals surface area (Å²) in [5.41, 5.74) is 45.2. The van der Waals surface area contributed by atoms with E-state index in [2.05, 4.69) is 125 Å². The number of fused-ring (bicyclic) bond motifs is 7. The molecule has 2 unspecified atom stereocenters. The Morgan fingerprint density at radius 3 is 1.09 bits per heavy atom. The maximum Gasteiger partial charge on any atom is 0.0367 e. The van der Waals surface area contributed by atoms with Crippen LogP contribution in [0.2, 0.25) is 0 Å². The van der Waals surface area contributed by atoms with Gasteiger partial charge < -0.3 is 0 Å². The molecule has 4 aromatic rings. The normalized spacial score (nSPS) is 21.0. The Hall–Kier alpha value is -4.42. The summed E-state index contributed by atoms with van der Waals surface area (Å²) in [6, 6.07) is 0. The fourth-order valence-corrected chi connectivity index (χ4v) is 12.7. The number of allylic oxidation sites excluding steroid dienone is 14. The number of hydrogen-bond donors (Lipinski definition) is 0. The highest BCUT2D eigenvalue weighted by Crippen LogP contribution is 2.70. The molecule has 0 radical (unpaired) electrons. The van der Waals surface area contributed by atoms with Gasteiger partial charge in [-0.2, -0.15) is 0 Å². The highest BCUT2D eigenvalue weighted by Gasteiger charge is 2.53. The predicted octanol–water partition coefficient (Wildman–Crippen LogP) is 14.7. The van der Waals surface area contributed by atoms with Gasteiger partial charge in [0.2, 0.25) is 0 Å². The summed E-state index contributed by atoms with van der Waals surface area (Å²) in [6.07, 6.45) is 0. The van der Waals surface area contributed by atoms with E-state index in [0.717, 1.165) is 0 Å². The zero-order chi connectivity index (χ0) is 38.8. The monoisotopic (exact) mass is 704 g/mol. The number of hydrogen-bond acceptors (Lipinski definition) is 0. The second-order valence-corrected chi connectivity index (χ2v) is 18.4. The van der Waals surface area contributed by atoms with Crippen LogP contribution in [0.15, 0.2) is 55.7 Å². The lowest BCUT2D eigenvalue weighted by molar-refractivity contribution is 0.717. The molecule has 0 aliphatic heterocycles. The van der Waals surface area contributed by atoms with Crippen LogP contribution in [0.4, 0.5) is 0 Å². The maximum atomic E-state index is 2.53. The van der Waals surface area contributed by atoms with Crippen molar-refractivity contribution in [3.63, 3.8) is 0 Å². The average molecular weight is 705 g/mol. The van der Waals surface area contributed by atoms with Crippen LogP contribution in [0.1, 0.15) is 131 Å². The number of benzene rings is 4. The number of aryl methyl sites for hydroxylation is 4.